The fraction of sp³-hybridized carbons (Fsp3) is 0. The summed E-state index contributed by atoms with van der Waals surface area (Å²) in [6.45, 7) is 7.09. The smallest absolute Gasteiger partial charge is 0.280 e. The van der Waals surface area contributed by atoms with E-state index in [1.165, 1.54) is 11.3 Å². The van der Waals surface area contributed by atoms with E-state index in [9.17, 15) is 5.26 Å². The SMILES string of the molecule is [C-]#[N+]/C(C#N)=C(/C#N)c1ccc(/C=C/c2ccc(N(c3ccccc3)c3ccccc3)s2)s1. The fourth-order valence-corrected chi connectivity index (χ4v) is 5.07. The second kappa shape index (κ2) is 10.3. The van der Waals surface area contributed by atoms with Crippen LogP contribution in [0.25, 0.3) is 22.6 Å². The van der Waals surface area contributed by atoms with Gasteiger partial charge in [0, 0.05) is 26.0 Å². The second-order valence-electron chi connectivity index (χ2n) is 6.78. The van der Waals surface area contributed by atoms with E-state index in [0.717, 1.165) is 26.1 Å². The summed E-state index contributed by atoms with van der Waals surface area (Å²) in [6.07, 6.45) is 4.02. The Bertz CT molecular complexity index is 1380. The average Bonchev–Trinajstić information content (AvgIpc) is 3.52. The monoisotopic (exact) mass is 460 g/mol. The molecule has 0 unspecified atom stereocenters. The zero-order valence-corrected chi connectivity index (χ0v) is 19.0. The number of benzene rings is 2. The molecule has 0 spiro atoms. The lowest BCUT2D eigenvalue weighted by Gasteiger charge is -2.23. The van der Waals surface area contributed by atoms with Crippen LogP contribution in [0.1, 0.15) is 14.6 Å². The van der Waals surface area contributed by atoms with Crippen LogP contribution in [-0.4, -0.2) is 0 Å². The van der Waals surface area contributed by atoms with Gasteiger partial charge in [-0.25, -0.2) is 10.1 Å². The summed E-state index contributed by atoms with van der Waals surface area (Å²) < 4.78 is 0. The van der Waals surface area contributed by atoms with Crippen molar-refractivity contribution in [2.24, 2.45) is 0 Å². The molecule has 156 valence electrons. The zero-order chi connectivity index (χ0) is 23.0. The Hall–Kier alpha value is -4.41. The first kappa shape index (κ1) is 21.8. The summed E-state index contributed by atoms with van der Waals surface area (Å²) in [5.74, 6) is 0. The molecule has 2 aromatic carbocycles. The molecule has 0 aliphatic heterocycles. The molecular formula is C27H16N4S2. The minimum absolute atomic E-state index is 0.122. The van der Waals surface area contributed by atoms with Crippen molar-refractivity contribution in [3.8, 4) is 12.1 Å². The van der Waals surface area contributed by atoms with Gasteiger partial charge in [-0.05, 0) is 60.7 Å². The van der Waals surface area contributed by atoms with Crippen LogP contribution >= 0.6 is 22.7 Å². The molecule has 2 aromatic heterocycles. The molecule has 4 nitrogen and oxygen atoms in total. The second-order valence-corrected chi connectivity index (χ2v) is 8.99. The predicted molar refractivity (Wildman–Crippen MR) is 137 cm³/mol. The quantitative estimate of drug-likeness (QED) is 0.216. The number of para-hydroxylation sites is 2. The third kappa shape index (κ3) is 4.92. The van der Waals surface area contributed by atoms with Gasteiger partial charge in [-0.3, -0.25) is 0 Å². The number of allylic oxidation sites excluding steroid dienone is 2. The van der Waals surface area contributed by atoms with E-state index >= 15 is 0 Å². The van der Waals surface area contributed by atoms with Crippen LogP contribution in [0.4, 0.5) is 16.4 Å². The van der Waals surface area contributed by atoms with Gasteiger partial charge >= 0.3 is 0 Å². The summed E-state index contributed by atoms with van der Waals surface area (Å²) in [7, 11) is 0. The molecule has 0 saturated carbocycles. The van der Waals surface area contributed by atoms with Crippen molar-refractivity contribution in [2.75, 3.05) is 4.90 Å². The predicted octanol–water partition coefficient (Wildman–Crippen LogP) is 8.13. The average molecular weight is 461 g/mol. The molecule has 0 amide bonds. The molecule has 0 bridgehead atoms. The topological polar surface area (TPSA) is 55.2 Å². The highest BCUT2D eigenvalue weighted by atomic mass is 32.1. The third-order valence-electron chi connectivity index (χ3n) is 4.71. The minimum atomic E-state index is -0.181. The molecule has 0 atom stereocenters. The lowest BCUT2D eigenvalue weighted by Crippen LogP contribution is -2.07. The Balaban J connectivity index is 1.61. The number of thiophene rings is 2. The summed E-state index contributed by atoms with van der Waals surface area (Å²) in [5, 5.41) is 19.5. The molecule has 33 heavy (non-hydrogen) atoms. The van der Waals surface area contributed by atoms with Gasteiger partial charge in [0.25, 0.3) is 5.70 Å². The van der Waals surface area contributed by atoms with Gasteiger partial charge in [-0.15, -0.1) is 22.7 Å². The van der Waals surface area contributed by atoms with Crippen molar-refractivity contribution in [1.82, 2.24) is 0 Å². The van der Waals surface area contributed by atoms with E-state index in [1.807, 2.05) is 60.7 Å². The first-order valence-electron chi connectivity index (χ1n) is 9.94. The highest BCUT2D eigenvalue weighted by Crippen LogP contribution is 2.39. The van der Waals surface area contributed by atoms with E-state index in [4.69, 9.17) is 11.8 Å². The van der Waals surface area contributed by atoms with Crippen LogP contribution in [0, 0.1) is 29.2 Å². The van der Waals surface area contributed by atoms with Gasteiger partial charge in [-0.2, -0.15) is 5.26 Å². The Morgan fingerprint density at radius 3 is 1.88 bits per heavy atom. The molecule has 4 rings (SSSR count). The first-order valence-corrected chi connectivity index (χ1v) is 11.6. The van der Waals surface area contributed by atoms with E-state index in [2.05, 4.69) is 46.1 Å². The maximum atomic E-state index is 9.36. The Labute approximate surface area is 200 Å². The summed E-state index contributed by atoms with van der Waals surface area (Å²) in [6, 6.07) is 32.1. The van der Waals surface area contributed by atoms with Crippen molar-refractivity contribution >= 4 is 56.8 Å². The van der Waals surface area contributed by atoms with E-state index in [1.54, 1.807) is 23.5 Å². The van der Waals surface area contributed by atoms with Gasteiger partial charge in [0.05, 0.1) is 24.3 Å². The largest absolute Gasteiger partial charge is 0.302 e. The highest BCUT2D eigenvalue weighted by molar-refractivity contribution is 7.17. The number of hydrogen-bond donors (Lipinski definition) is 0. The van der Waals surface area contributed by atoms with E-state index in [0.29, 0.717) is 4.88 Å². The Morgan fingerprint density at radius 1 is 0.758 bits per heavy atom. The van der Waals surface area contributed by atoms with E-state index in [-0.39, 0.29) is 11.3 Å². The third-order valence-corrected chi connectivity index (χ3v) is 6.82. The zero-order valence-electron chi connectivity index (χ0n) is 17.3. The number of hydrogen-bond acceptors (Lipinski definition) is 5. The lowest BCUT2D eigenvalue weighted by atomic mass is 10.2. The van der Waals surface area contributed by atoms with Gasteiger partial charge in [0.1, 0.15) is 5.00 Å². The summed E-state index contributed by atoms with van der Waals surface area (Å²) >= 11 is 3.06. The van der Waals surface area contributed by atoms with Crippen molar-refractivity contribution in [2.45, 2.75) is 0 Å². The van der Waals surface area contributed by atoms with Gasteiger partial charge < -0.3 is 4.90 Å². The summed E-state index contributed by atoms with van der Waals surface area (Å²) in [5.41, 5.74) is 2.12. The van der Waals surface area contributed by atoms with Crippen LogP contribution in [0.2, 0.25) is 0 Å². The minimum Gasteiger partial charge on any atom is -0.302 e. The number of rotatable bonds is 6. The lowest BCUT2D eigenvalue weighted by molar-refractivity contribution is 1.32. The molecule has 4 aromatic rings. The van der Waals surface area contributed by atoms with Crippen LogP contribution in [-0.2, 0) is 0 Å². The van der Waals surface area contributed by atoms with Crippen LogP contribution in [0.15, 0.2) is 90.6 Å². The maximum Gasteiger partial charge on any atom is 0.280 e. The molecule has 0 saturated heterocycles. The van der Waals surface area contributed by atoms with E-state index < -0.39 is 0 Å². The first-order chi connectivity index (χ1) is 16.2. The molecular weight excluding hydrogens is 444 g/mol. The van der Waals surface area contributed by atoms with Crippen molar-refractivity contribution in [1.29, 1.82) is 10.5 Å². The fourth-order valence-electron chi connectivity index (χ4n) is 3.21. The van der Waals surface area contributed by atoms with Crippen LogP contribution in [0.5, 0.6) is 0 Å². The number of nitriles is 2. The molecule has 0 aliphatic carbocycles. The Morgan fingerprint density at radius 2 is 1.33 bits per heavy atom. The number of anilines is 3. The molecule has 6 heteroatoms. The molecule has 0 aliphatic rings. The summed E-state index contributed by atoms with van der Waals surface area (Å²) in [4.78, 5) is 8.04. The maximum absolute atomic E-state index is 9.36. The molecule has 0 radical (unpaired) electrons. The van der Waals surface area contributed by atoms with Gasteiger partial charge in [-0.1, -0.05) is 36.4 Å². The van der Waals surface area contributed by atoms with Gasteiger partial charge in [0.2, 0.25) is 0 Å². The van der Waals surface area contributed by atoms with Gasteiger partial charge in [0.15, 0.2) is 0 Å². The van der Waals surface area contributed by atoms with Crippen molar-refractivity contribution < 1.29 is 0 Å². The Kier molecular flexibility index (Phi) is 6.78. The molecule has 0 N–H and O–H groups in total. The standard InChI is InChI=1S/C27H16N4S2/c1-30-25(19-29)24(18-28)26-16-14-22(32-26)12-13-23-15-17-27(33-23)31(20-8-4-2-5-9-20)21-10-6-3-7-11-21/h2-17H/b13-12+,25-24-. The number of nitrogens with zero attached hydrogens (tertiary/aromatic N) is 4. The van der Waals surface area contributed by atoms with Crippen LogP contribution < -0.4 is 4.90 Å². The van der Waals surface area contributed by atoms with Crippen molar-refractivity contribution in [3.05, 3.63) is 117 Å². The highest BCUT2D eigenvalue weighted by Gasteiger charge is 2.14. The normalized spacial score (nSPS) is 11.3. The van der Waals surface area contributed by atoms with Crippen molar-refractivity contribution in [3.63, 3.8) is 0 Å². The molecule has 2 heterocycles. The van der Waals surface area contributed by atoms with Crippen LogP contribution in [0.3, 0.4) is 0 Å². The molecule has 0 fully saturated rings.